The molecule has 0 amide bonds. The van der Waals surface area contributed by atoms with E-state index in [4.69, 9.17) is 18.9 Å². The highest BCUT2D eigenvalue weighted by molar-refractivity contribution is 14.0. The van der Waals surface area contributed by atoms with Crippen LogP contribution in [0.5, 0.6) is 11.5 Å². The van der Waals surface area contributed by atoms with Crippen molar-refractivity contribution in [1.29, 1.82) is 0 Å². The van der Waals surface area contributed by atoms with Crippen LogP contribution in [0.4, 0.5) is 5.69 Å². The number of likely N-dealkylation sites (tertiary alicyclic amines) is 1. The first-order chi connectivity index (χ1) is 15.3. The Kier molecular flexibility index (Phi) is 9.98. The molecule has 4 rings (SSSR count). The number of furan rings is 1. The number of halogens is 1. The highest BCUT2D eigenvalue weighted by Crippen LogP contribution is 2.32. The largest absolute Gasteiger partial charge is 0.490 e. The summed E-state index contributed by atoms with van der Waals surface area (Å²) in [5, 5.41) is 6.90. The summed E-state index contributed by atoms with van der Waals surface area (Å²) >= 11 is 0. The van der Waals surface area contributed by atoms with Crippen LogP contribution < -0.4 is 20.1 Å². The molecule has 8 heteroatoms. The fourth-order valence-electron chi connectivity index (χ4n) is 4.08. The van der Waals surface area contributed by atoms with Crippen molar-refractivity contribution in [1.82, 2.24) is 10.2 Å². The number of nitrogens with one attached hydrogen (secondary N) is 2. The van der Waals surface area contributed by atoms with Gasteiger partial charge in [-0.05, 0) is 56.1 Å². The molecule has 0 radical (unpaired) electrons. The molecule has 0 saturated carbocycles. The second-order valence-electron chi connectivity index (χ2n) is 8.24. The molecule has 0 spiro atoms. The predicted octanol–water partition coefficient (Wildman–Crippen LogP) is 4.39. The van der Waals surface area contributed by atoms with Gasteiger partial charge in [0.1, 0.15) is 5.76 Å². The number of nitrogens with zero attached hydrogens (tertiary/aromatic N) is 2. The van der Waals surface area contributed by atoms with Gasteiger partial charge in [0.25, 0.3) is 0 Å². The Hall–Kier alpha value is -1.94. The number of benzene rings is 1. The van der Waals surface area contributed by atoms with E-state index in [1.54, 1.807) is 6.26 Å². The zero-order chi connectivity index (χ0) is 21.3. The first-order valence-corrected chi connectivity index (χ1v) is 11.5. The third kappa shape index (κ3) is 7.30. The van der Waals surface area contributed by atoms with Gasteiger partial charge in [-0.25, -0.2) is 0 Å². The lowest BCUT2D eigenvalue weighted by Gasteiger charge is -2.16. The molecule has 7 nitrogen and oxygen atoms in total. The van der Waals surface area contributed by atoms with Gasteiger partial charge >= 0.3 is 0 Å². The van der Waals surface area contributed by atoms with Crippen molar-refractivity contribution in [3.8, 4) is 11.5 Å². The van der Waals surface area contributed by atoms with Crippen molar-refractivity contribution in [3.63, 3.8) is 0 Å². The molecule has 1 aromatic carbocycles. The molecule has 1 saturated heterocycles. The molecule has 3 heterocycles. The van der Waals surface area contributed by atoms with Crippen molar-refractivity contribution < 1.29 is 13.9 Å². The van der Waals surface area contributed by atoms with E-state index in [9.17, 15) is 0 Å². The molecule has 176 valence electrons. The minimum atomic E-state index is 0. The second-order valence-corrected chi connectivity index (χ2v) is 8.24. The maximum absolute atomic E-state index is 5.83. The maximum Gasteiger partial charge on any atom is 0.195 e. The number of guanidine groups is 1. The van der Waals surface area contributed by atoms with E-state index >= 15 is 0 Å². The molecule has 1 unspecified atom stereocenters. The van der Waals surface area contributed by atoms with Crippen LogP contribution >= 0.6 is 24.0 Å². The zero-order valence-electron chi connectivity index (χ0n) is 18.8. The average Bonchev–Trinajstić information content (AvgIpc) is 3.40. The Morgan fingerprint density at radius 1 is 1.19 bits per heavy atom. The molecular formula is C24H35IN4O3. The quantitative estimate of drug-likeness (QED) is 0.287. The number of ether oxygens (including phenoxy) is 2. The molecule has 2 N–H and O–H groups in total. The van der Waals surface area contributed by atoms with Crippen LogP contribution in [0.25, 0.3) is 0 Å². The Labute approximate surface area is 208 Å². The Bertz CT molecular complexity index is 844. The topological polar surface area (TPSA) is 71.3 Å². The van der Waals surface area contributed by atoms with Crippen LogP contribution in [0.2, 0.25) is 0 Å². The number of rotatable bonds is 8. The van der Waals surface area contributed by atoms with Gasteiger partial charge in [-0.2, -0.15) is 0 Å². The normalized spacial score (nSPS) is 18.7. The minimum absolute atomic E-state index is 0. The van der Waals surface area contributed by atoms with E-state index < -0.39 is 0 Å². The van der Waals surface area contributed by atoms with E-state index in [1.807, 2.05) is 30.3 Å². The van der Waals surface area contributed by atoms with Crippen LogP contribution in [0.15, 0.2) is 46.0 Å². The smallest absolute Gasteiger partial charge is 0.195 e. The van der Waals surface area contributed by atoms with E-state index in [-0.39, 0.29) is 24.0 Å². The van der Waals surface area contributed by atoms with E-state index in [0.29, 0.717) is 19.1 Å². The lowest BCUT2D eigenvalue weighted by Crippen LogP contribution is -2.33. The highest BCUT2D eigenvalue weighted by atomic mass is 127. The van der Waals surface area contributed by atoms with Gasteiger partial charge in [0, 0.05) is 44.2 Å². The summed E-state index contributed by atoms with van der Waals surface area (Å²) in [6.07, 6.45) is 5.84. The minimum Gasteiger partial charge on any atom is -0.490 e. The predicted molar refractivity (Wildman–Crippen MR) is 139 cm³/mol. The van der Waals surface area contributed by atoms with Gasteiger partial charge in [0.05, 0.1) is 19.5 Å². The third-order valence-electron chi connectivity index (χ3n) is 5.67. The van der Waals surface area contributed by atoms with Crippen LogP contribution in [0.1, 0.15) is 31.9 Å². The summed E-state index contributed by atoms with van der Waals surface area (Å²) in [6.45, 7) is 8.69. The maximum atomic E-state index is 5.83. The Morgan fingerprint density at radius 3 is 2.88 bits per heavy atom. The molecule has 2 aromatic rings. The molecule has 1 fully saturated rings. The summed E-state index contributed by atoms with van der Waals surface area (Å²) in [5.74, 6) is 3.94. The summed E-state index contributed by atoms with van der Waals surface area (Å²) in [5.41, 5.74) is 0.938. The summed E-state index contributed by atoms with van der Waals surface area (Å²) < 4.78 is 17.0. The van der Waals surface area contributed by atoms with Gasteiger partial charge in [-0.1, -0.05) is 6.92 Å². The summed E-state index contributed by atoms with van der Waals surface area (Å²) in [7, 11) is 0. The van der Waals surface area contributed by atoms with Crippen molar-refractivity contribution in [3.05, 3.63) is 42.4 Å². The van der Waals surface area contributed by atoms with Gasteiger partial charge in [0.15, 0.2) is 17.5 Å². The van der Waals surface area contributed by atoms with E-state index in [2.05, 4.69) is 22.5 Å². The first-order valence-electron chi connectivity index (χ1n) is 11.5. The average molecular weight is 554 g/mol. The molecular weight excluding hydrogens is 519 g/mol. The van der Waals surface area contributed by atoms with E-state index in [0.717, 1.165) is 61.4 Å². The van der Waals surface area contributed by atoms with Crippen molar-refractivity contribution >= 4 is 35.6 Å². The van der Waals surface area contributed by atoms with Crippen molar-refractivity contribution in [2.24, 2.45) is 10.9 Å². The standard InChI is InChI=1S/C24H34N4O3.HI/c1-2-11-28-12-9-19(18-28)17-26-24(25-10-8-21-5-3-13-29-21)27-20-6-7-22-23(16-20)31-15-4-14-30-22;/h3,5-7,13,16,19H,2,4,8-12,14-15,17-18H2,1H3,(H2,25,26,27);1H. The molecule has 0 aliphatic carbocycles. The summed E-state index contributed by atoms with van der Waals surface area (Å²) in [4.78, 5) is 7.45. The van der Waals surface area contributed by atoms with Gasteiger partial charge in [-0.15, -0.1) is 24.0 Å². The molecule has 32 heavy (non-hydrogen) atoms. The molecule has 1 atom stereocenters. The lowest BCUT2D eigenvalue weighted by molar-refractivity contribution is 0.297. The number of fused-ring (bicyclic) bond motifs is 1. The lowest BCUT2D eigenvalue weighted by atomic mass is 10.1. The van der Waals surface area contributed by atoms with Gasteiger partial charge in [-0.3, -0.25) is 4.99 Å². The monoisotopic (exact) mass is 554 g/mol. The third-order valence-corrected chi connectivity index (χ3v) is 5.67. The first kappa shape index (κ1) is 24.7. The van der Waals surface area contributed by atoms with Crippen LogP contribution in [0.3, 0.4) is 0 Å². The van der Waals surface area contributed by atoms with Gasteiger partial charge < -0.3 is 29.4 Å². The molecule has 0 bridgehead atoms. The van der Waals surface area contributed by atoms with Crippen molar-refractivity contribution in [2.75, 3.05) is 51.3 Å². The van der Waals surface area contributed by atoms with Crippen LogP contribution in [-0.4, -0.2) is 56.8 Å². The molecule has 2 aliphatic heterocycles. The van der Waals surface area contributed by atoms with Gasteiger partial charge in [0.2, 0.25) is 0 Å². The van der Waals surface area contributed by atoms with Crippen molar-refractivity contribution in [2.45, 2.75) is 32.6 Å². The molecule has 2 aliphatic rings. The van der Waals surface area contributed by atoms with E-state index in [1.165, 1.54) is 25.9 Å². The second kappa shape index (κ2) is 12.9. The Balaban J connectivity index is 0.00000289. The van der Waals surface area contributed by atoms with Crippen LogP contribution in [0, 0.1) is 5.92 Å². The number of anilines is 1. The fraction of sp³-hybridized carbons (Fsp3) is 0.542. The number of hydrogen-bond acceptors (Lipinski definition) is 5. The number of hydrogen-bond donors (Lipinski definition) is 2. The molecule has 1 aromatic heterocycles. The zero-order valence-corrected chi connectivity index (χ0v) is 21.2. The SMILES string of the molecule is CCCN1CCC(CN=C(NCCc2ccco2)Nc2ccc3c(c2)OCCCO3)C1.I. The fourth-order valence-corrected chi connectivity index (χ4v) is 4.08. The summed E-state index contributed by atoms with van der Waals surface area (Å²) in [6, 6.07) is 9.88. The van der Waals surface area contributed by atoms with Crippen LogP contribution in [-0.2, 0) is 6.42 Å². The highest BCUT2D eigenvalue weighted by Gasteiger charge is 2.21. The Morgan fingerprint density at radius 2 is 2.06 bits per heavy atom. The number of aliphatic imine (C=N–C) groups is 1.